The Labute approximate surface area is 150 Å². The number of halogens is 1. The zero-order valence-electron chi connectivity index (χ0n) is 13.4. The van der Waals surface area contributed by atoms with E-state index in [1.165, 1.54) is 0 Å². The first kappa shape index (κ1) is 15.7. The van der Waals surface area contributed by atoms with Crippen molar-refractivity contribution in [1.82, 2.24) is 9.78 Å². The number of hydrogen-bond donors (Lipinski definition) is 1. The minimum atomic E-state index is -0.0490. The van der Waals surface area contributed by atoms with Crippen LogP contribution >= 0.6 is 11.6 Å². The quantitative estimate of drug-likeness (QED) is 0.571. The van der Waals surface area contributed by atoms with Gasteiger partial charge < -0.3 is 5.32 Å². The molecule has 0 aliphatic heterocycles. The van der Waals surface area contributed by atoms with E-state index in [4.69, 9.17) is 11.6 Å². The standard InChI is InChI=1S/C20H16ClN3O/c21-20-16-9-3-4-11-18(16)24(23-20)13-12-19(25)22-17-10-5-7-14-6-1-2-8-15(14)17/h1-11H,12-13H2,(H,22,25). The summed E-state index contributed by atoms with van der Waals surface area (Å²) in [6, 6.07) is 21.6. The molecule has 0 fully saturated rings. The molecule has 1 heterocycles. The maximum absolute atomic E-state index is 12.4. The Balaban J connectivity index is 1.50. The summed E-state index contributed by atoms with van der Waals surface area (Å²) in [5.74, 6) is -0.0490. The molecule has 0 aliphatic carbocycles. The maximum atomic E-state index is 12.4. The van der Waals surface area contributed by atoms with E-state index in [1.54, 1.807) is 4.68 Å². The van der Waals surface area contributed by atoms with Gasteiger partial charge in [-0.05, 0) is 23.6 Å². The van der Waals surface area contributed by atoms with Gasteiger partial charge in [0.15, 0.2) is 5.15 Å². The normalized spacial score (nSPS) is 11.1. The Morgan fingerprint density at radius 3 is 2.56 bits per heavy atom. The fourth-order valence-corrected chi connectivity index (χ4v) is 3.26. The number of nitrogens with one attached hydrogen (secondary N) is 1. The van der Waals surface area contributed by atoms with Crippen molar-refractivity contribution in [1.29, 1.82) is 0 Å². The van der Waals surface area contributed by atoms with Crippen LogP contribution in [0.3, 0.4) is 0 Å². The number of carbonyl (C=O) groups excluding carboxylic acids is 1. The summed E-state index contributed by atoms with van der Waals surface area (Å²) in [5.41, 5.74) is 1.76. The molecule has 0 radical (unpaired) electrons. The Morgan fingerprint density at radius 1 is 0.960 bits per heavy atom. The van der Waals surface area contributed by atoms with Gasteiger partial charge in [-0.1, -0.05) is 60.1 Å². The topological polar surface area (TPSA) is 46.9 Å². The molecular formula is C20H16ClN3O. The van der Waals surface area contributed by atoms with E-state index >= 15 is 0 Å². The van der Waals surface area contributed by atoms with Crippen molar-refractivity contribution in [3.8, 4) is 0 Å². The molecule has 1 N–H and O–H groups in total. The first-order valence-electron chi connectivity index (χ1n) is 8.11. The molecule has 25 heavy (non-hydrogen) atoms. The van der Waals surface area contributed by atoms with Crippen LogP contribution in [0.25, 0.3) is 21.7 Å². The highest BCUT2D eigenvalue weighted by Crippen LogP contribution is 2.24. The summed E-state index contributed by atoms with van der Waals surface area (Å²) < 4.78 is 1.78. The highest BCUT2D eigenvalue weighted by atomic mass is 35.5. The van der Waals surface area contributed by atoms with Gasteiger partial charge in [-0.3, -0.25) is 9.48 Å². The number of anilines is 1. The van der Waals surface area contributed by atoms with Crippen LogP contribution in [0.15, 0.2) is 66.7 Å². The molecule has 0 aliphatic rings. The van der Waals surface area contributed by atoms with E-state index < -0.39 is 0 Å². The molecule has 0 atom stereocenters. The molecule has 4 nitrogen and oxygen atoms in total. The zero-order valence-corrected chi connectivity index (χ0v) is 14.2. The first-order chi connectivity index (χ1) is 12.2. The predicted molar refractivity (Wildman–Crippen MR) is 102 cm³/mol. The molecule has 5 heteroatoms. The summed E-state index contributed by atoms with van der Waals surface area (Å²) >= 11 is 6.16. The van der Waals surface area contributed by atoms with E-state index in [9.17, 15) is 4.79 Å². The lowest BCUT2D eigenvalue weighted by Gasteiger charge is -2.09. The smallest absolute Gasteiger partial charge is 0.226 e. The number of benzene rings is 3. The number of amides is 1. The summed E-state index contributed by atoms with van der Waals surface area (Å²) in [5, 5.41) is 10.8. The molecule has 1 amide bonds. The highest BCUT2D eigenvalue weighted by molar-refractivity contribution is 6.34. The number of fused-ring (bicyclic) bond motifs is 2. The minimum Gasteiger partial charge on any atom is -0.325 e. The number of para-hydroxylation sites is 1. The van der Waals surface area contributed by atoms with E-state index in [0.717, 1.165) is 27.4 Å². The van der Waals surface area contributed by atoms with Crippen LogP contribution in [0.1, 0.15) is 6.42 Å². The van der Waals surface area contributed by atoms with Crippen molar-refractivity contribution in [2.45, 2.75) is 13.0 Å². The van der Waals surface area contributed by atoms with E-state index in [2.05, 4.69) is 10.4 Å². The summed E-state index contributed by atoms with van der Waals surface area (Å²) in [6.07, 6.45) is 0.325. The number of rotatable bonds is 4. The van der Waals surface area contributed by atoms with Gasteiger partial charge in [0.05, 0.1) is 12.1 Å². The van der Waals surface area contributed by atoms with Crippen LogP contribution in [-0.2, 0) is 11.3 Å². The van der Waals surface area contributed by atoms with Crippen molar-refractivity contribution >= 4 is 44.9 Å². The lowest BCUT2D eigenvalue weighted by molar-refractivity contribution is -0.116. The maximum Gasteiger partial charge on any atom is 0.226 e. The third-order valence-electron chi connectivity index (χ3n) is 4.23. The number of carbonyl (C=O) groups is 1. The largest absolute Gasteiger partial charge is 0.325 e. The minimum absolute atomic E-state index is 0.0490. The average molecular weight is 350 g/mol. The third kappa shape index (κ3) is 3.08. The predicted octanol–water partition coefficient (Wildman–Crippen LogP) is 4.87. The molecule has 0 bridgehead atoms. The molecule has 0 saturated heterocycles. The van der Waals surface area contributed by atoms with E-state index in [1.807, 2.05) is 66.7 Å². The molecule has 124 valence electrons. The molecule has 4 rings (SSSR count). The van der Waals surface area contributed by atoms with E-state index in [-0.39, 0.29) is 5.91 Å². The van der Waals surface area contributed by atoms with Gasteiger partial charge in [-0.15, -0.1) is 0 Å². The fraction of sp³-hybridized carbons (Fsp3) is 0.100. The van der Waals surface area contributed by atoms with Gasteiger partial charge in [-0.2, -0.15) is 5.10 Å². The Kier molecular flexibility index (Phi) is 4.12. The third-order valence-corrected chi connectivity index (χ3v) is 4.51. The van der Waals surface area contributed by atoms with Gasteiger partial charge in [0.25, 0.3) is 0 Å². The molecule has 1 aromatic heterocycles. The van der Waals surface area contributed by atoms with Crippen LogP contribution in [-0.4, -0.2) is 15.7 Å². The number of hydrogen-bond acceptors (Lipinski definition) is 2. The Morgan fingerprint density at radius 2 is 1.68 bits per heavy atom. The average Bonchev–Trinajstić information content (AvgIpc) is 2.97. The summed E-state index contributed by atoms with van der Waals surface area (Å²) in [4.78, 5) is 12.4. The van der Waals surface area contributed by atoms with Crippen LogP contribution < -0.4 is 5.32 Å². The van der Waals surface area contributed by atoms with Crippen molar-refractivity contribution in [3.63, 3.8) is 0 Å². The lowest BCUT2D eigenvalue weighted by Crippen LogP contribution is -2.15. The molecule has 4 aromatic rings. The number of aryl methyl sites for hydroxylation is 1. The van der Waals surface area contributed by atoms with Gasteiger partial charge in [0.2, 0.25) is 5.91 Å². The van der Waals surface area contributed by atoms with Crippen LogP contribution in [0.2, 0.25) is 5.15 Å². The lowest BCUT2D eigenvalue weighted by atomic mass is 10.1. The number of aromatic nitrogens is 2. The SMILES string of the molecule is O=C(CCn1nc(Cl)c2ccccc21)Nc1cccc2ccccc12. The van der Waals surface area contributed by atoms with Crippen molar-refractivity contribution < 1.29 is 4.79 Å². The summed E-state index contributed by atoms with van der Waals surface area (Å²) in [6.45, 7) is 0.476. The van der Waals surface area contributed by atoms with Gasteiger partial charge in [0, 0.05) is 22.9 Å². The zero-order chi connectivity index (χ0) is 17.2. The Hall–Kier alpha value is -2.85. The molecule has 0 unspecified atom stereocenters. The second-order valence-corrected chi connectivity index (χ2v) is 6.21. The Bertz CT molecular complexity index is 1070. The van der Waals surface area contributed by atoms with Crippen LogP contribution in [0.5, 0.6) is 0 Å². The van der Waals surface area contributed by atoms with Gasteiger partial charge in [0.1, 0.15) is 0 Å². The van der Waals surface area contributed by atoms with Crippen LogP contribution in [0.4, 0.5) is 5.69 Å². The molecule has 0 spiro atoms. The molecule has 0 saturated carbocycles. The van der Waals surface area contributed by atoms with Gasteiger partial charge >= 0.3 is 0 Å². The second-order valence-electron chi connectivity index (χ2n) is 5.86. The molecular weight excluding hydrogens is 334 g/mol. The highest BCUT2D eigenvalue weighted by Gasteiger charge is 2.10. The van der Waals surface area contributed by atoms with E-state index in [0.29, 0.717) is 18.1 Å². The first-order valence-corrected chi connectivity index (χ1v) is 8.49. The fourth-order valence-electron chi connectivity index (χ4n) is 3.01. The van der Waals surface area contributed by atoms with Crippen LogP contribution in [0, 0.1) is 0 Å². The van der Waals surface area contributed by atoms with Crippen molar-refractivity contribution in [2.75, 3.05) is 5.32 Å². The molecule has 3 aromatic carbocycles. The van der Waals surface area contributed by atoms with Gasteiger partial charge in [-0.25, -0.2) is 0 Å². The second kappa shape index (κ2) is 6.57. The summed E-state index contributed by atoms with van der Waals surface area (Å²) in [7, 11) is 0. The number of nitrogens with zero attached hydrogens (tertiary/aromatic N) is 2. The van der Waals surface area contributed by atoms with Crippen molar-refractivity contribution in [3.05, 3.63) is 71.9 Å². The van der Waals surface area contributed by atoms with Crippen molar-refractivity contribution in [2.24, 2.45) is 0 Å². The monoisotopic (exact) mass is 349 g/mol.